The molecule has 0 aliphatic heterocycles. The fraction of sp³-hybridized carbons (Fsp3) is 0.190. The highest BCUT2D eigenvalue weighted by molar-refractivity contribution is 6.30. The Morgan fingerprint density at radius 2 is 2.13 bits per heavy atom. The molecule has 1 aromatic carbocycles. The second kappa shape index (κ2) is 8.87. The summed E-state index contributed by atoms with van der Waals surface area (Å²) >= 11 is 6.03. The summed E-state index contributed by atoms with van der Waals surface area (Å²) in [5, 5.41) is 8.93. The first kappa shape index (κ1) is 19.8. The van der Waals surface area contributed by atoms with Gasteiger partial charge in [-0.05, 0) is 30.3 Å². The number of carbonyl (C=O) groups is 1. The molecule has 4 rings (SSSR count). The molecule has 0 N–H and O–H groups in total. The molecule has 152 valence electrons. The van der Waals surface area contributed by atoms with E-state index in [1.807, 2.05) is 36.5 Å². The standard InChI is InChI=1S/C21H19ClN6O2/c1-27(13-15-11-24-28(14-15)18-6-2-5-17(22)10-18)20(29)8-7-19-25-21(26-30-19)16-4-3-9-23-12-16/h2-6,9-12,14H,7-8,13H2,1H3. The Balaban J connectivity index is 1.32. The summed E-state index contributed by atoms with van der Waals surface area (Å²) in [5.41, 5.74) is 2.55. The zero-order valence-corrected chi connectivity index (χ0v) is 17.0. The molecule has 3 aromatic heterocycles. The summed E-state index contributed by atoms with van der Waals surface area (Å²) < 4.78 is 6.98. The van der Waals surface area contributed by atoms with Crippen LogP contribution in [0.2, 0.25) is 5.02 Å². The van der Waals surface area contributed by atoms with Gasteiger partial charge in [-0.15, -0.1) is 0 Å². The summed E-state index contributed by atoms with van der Waals surface area (Å²) in [6.45, 7) is 0.449. The zero-order valence-electron chi connectivity index (χ0n) is 16.3. The van der Waals surface area contributed by atoms with Crippen LogP contribution in [0.15, 0.2) is 65.7 Å². The molecule has 9 heteroatoms. The second-order valence-corrected chi connectivity index (χ2v) is 7.21. The van der Waals surface area contributed by atoms with Crippen LogP contribution in [0.3, 0.4) is 0 Å². The van der Waals surface area contributed by atoms with E-state index in [1.54, 1.807) is 41.3 Å². The fourth-order valence-electron chi connectivity index (χ4n) is 2.94. The minimum atomic E-state index is -0.0216. The number of hydrogen-bond acceptors (Lipinski definition) is 6. The maximum absolute atomic E-state index is 12.5. The highest BCUT2D eigenvalue weighted by Gasteiger charge is 2.14. The smallest absolute Gasteiger partial charge is 0.227 e. The largest absolute Gasteiger partial charge is 0.341 e. The van der Waals surface area contributed by atoms with Crippen molar-refractivity contribution in [1.29, 1.82) is 0 Å². The van der Waals surface area contributed by atoms with Gasteiger partial charge in [0.25, 0.3) is 0 Å². The number of rotatable bonds is 7. The molecule has 0 saturated heterocycles. The monoisotopic (exact) mass is 422 g/mol. The summed E-state index contributed by atoms with van der Waals surface area (Å²) in [6, 6.07) is 11.1. The van der Waals surface area contributed by atoms with Gasteiger partial charge in [-0.2, -0.15) is 10.1 Å². The summed E-state index contributed by atoms with van der Waals surface area (Å²) in [4.78, 5) is 22.5. The molecule has 30 heavy (non-hydrogen) atoms. The first-order chi connectivity index (χ1) is 14.6. The van der Waals surface area contributed by atoms with Crippen LogP contribution in [0.5, 0.6) is 0 Å². The second-order valence-electron chi connectivity index (χ2n) is 6.78. The summed E-state index contributed by atoms with van der Waals surface area (Å²) in [7, 11) is 1.76. The van der Waals surface area contributed by atoms with Crippen molar-refractivity contribution >= 4 is 17.5 Å². The zero-order chi connectivity index (χ0) is 20.9. The number of halogens is 1. The minimum Gasteiger partial charge on any atom is -0.341 e. The topological polar surface area (TPSA) is 89.9 Å². The minimum absolute atomic E-state index is 0.0216. The lowest BCUT2D eigenvalue weighted by molar-refractivity contribution is -0.130. The van der Waals surface area contributed by atoms with E-state index in [2.05, 4.69) is 20.2 Å². The van der Waals surface area contributed by atoms with Gasteiger partial charge < -0.3 is 9.42 Å². The van der Waals surface area contributed by atoms with Gasteiger partial charge in [0.1, 0.15) is 0 Å². The van der Waals surface area contributed by atoms with Crippen LogP contribution in [0, 0.1) is 0 Å². The van der Waals surface area contributed by atoms with Crippen LogP contribution in [0.25, 0.3) is 17.1 Å². The number of benzene rings is 1. The van der Waals surface area contributed by atoms with E-state index in [0.29, 0.717) is 29.7 Å². The molecule has 0 unspecified atom stereocenters. The lowest BCUT2D eigenvalue weighted by Gasteiger charge is -2.15. The number of amides is 1. The molecule has 1 amide bonds. The maximum Gasteiger partial charge on any atom is 0.227 e. The van der Waals surface area contributed by atoms with Gasteiger partial charge in [0, 0.05) is 61.2 Å². The third kappa shape index (κ3) is 4.72. The number of aromatic nitrogens is 5. The molecule has 0 atom stereocenters. The van der Waals surface area contributed by atoms with Crippen molar-refractivity contribution in [3.63, 3.8) is 0 Å². The van der Waals surface area contributed by atoms with Crippen molar-refractivity contribution in [2.24, 2.45) is 0 Å². The summed E-state index contributed by atoms with van der Waals surface area (Å²) in [5.74, 6) is 0.864. The Kier molecular flexibility index (Phi) is 5.85. The van der Waals surface area contributed by atoms with Gasteiger partial charge in [-0.1, -0.05) is 22.8 Å². The highest BCUT2D eigenvalue weighted by atomic mass is 35.5. The average molecular weight is 423 g/mol. The van der Waals surface area contributed by atoms with E-state index in [-0.39, 0.29) is 12.3 Å². The molecule has 0 saturated carbocycles. The van der Waals surface area contributed by atoms with Crippen LogP contribution in [0.1, 0.15) is 17.9 Å². The first-order valence-electron chi connectivity index (χ1n) is 9.35. The van der Waals surface area contributed by atoms with Crippen molar-refractivity contribution in [3.05, 3.63) is 77.7 Å². The predicted molar refractivity (Wildman–Crippen MR) is 111 cm³/mol. The Morgan fingerprint density at radius 1 is 1.23 bits per heavy atom. The van der Waals surface area contributed by atoms with E-state index in [9.17, 15) is 4.79 Å². The van der Waals surface area contributed by atoms with E-state index < -0.39 is 0 Å². The number of hydrogen-bond donors (Lipinski definition) is 0. The Bertz CT molecular complexity index is 1140. The van der Waals surface area contributed by atoms with Gasteiger partial charge in [0.05, 0.1) is 11.9 Å². The number of carbonyl (C=O) groups excluding carboxylic acids is 1. The summed E-state index contributed by atoms with van der Waals surface area (Å²) in [6.07, 6.45) is 7.61. The van der Waals surface area contributed by atoms with Crippen molar-refractivity contribution < 1.29 is 9.32 Å². The van der Waals surface area contributed by atoms with Gasteiger partial charge in [-0.25, -0.2) is 4.68 Å². The van der Waals surface area contributed by atoms with Crippen molar-refractivity contribution in [1.82, 2.24) is 29.8 Å². The Labute approximate surface area is 178 Å². The number of nitrogens with zero attached hydrogens (tertiary/aromatic N) is 6. The number of aryl methyl sites for hydroxylation is 1. The predicted octanol–water partition coefficient (Wildman–Crippen LogP) is 3.56. The molecule has 0 bridgehead atoms. The van der Waals surface area contributed by atoms with Crippen LogP contribution in [-0.4, -0.2) is 42.8 Å². The van der Waals surface area contributed by atoms with Gasteiger partial charge in [-0.3, -0.25) is 9.78 Å². The normalized spacial score (nSPS) is 10.9. The molecule has 3 heterocycles. The average Bonchev–Trinajstić information content (AvgIpc) is 3.42. The van der Waals surface area contributed by atoms with Crippen molar-refractivity contribution in [3.8, 4) is 17.1 Å². The molecule has 0 aliphatic rings. The quantitative estimate of drug-likeness (QED) is 0.452. The molecular weight excluding hydrogens is 404 g/mol. The van der Waals surface area contributed by atoms with Gasteiger partial charge in [0.2, 0.25) is 17.6 Å². The first-order valence-corrected chi connectivity index (χ1v) is 9.73. The Hall–Kier alpha value is -3.52. The van der Waals surface area contributed by atoms with E-state index >= 15 is 0 Å². The van der Waals surface area contributed by atoms with Gasteiger partial charge in [0.15, 0.2) is 0 Å². The van der Waals surface area contributed by atoms with Crippen LogP contribution < -0.4 is 0 Å². The molecule has 0 aliphatic carbocycles. The molecule has 4 aromatic rings. The Morgan fingerprint density at radius 3 is 2.93 bits per heavy atom. The highest BCUT2D eigenvalue weighted by Crippen LogP contribution is 2.16. The third-order valence-corrected chi connectivity index (χ3v) is 4.73. The molecule has 0 fully saturated rings. The fourth-order valence-corrected chi connectivity index (χ4v) is 3.12. The SMILES string of the molecule is CN(Cc1cnn(-c2cccc(Cl)c2)c1)C(=O)CCc1nc(-c2cccnc2)no1. The molecular formula is C21H19ClN6O2. The molecule has 8 nitrogen and oxygen atoms in total. The third-order valence-electron chi connectivity index (χ3n) is 4.49. The van der Waals surface area contributed by atoms with Crippen LogP contribution >= 0.6 is 11.6 Å². The molecule has 0 radical (unpaired) electrons. The molecule has 0 spiro atoms. The van der Waals surface area contributed by atoms with Crippen LogP contribution in [0.4, 0.5) is 0 Å². The van der Waals surface area contributed by atoms with E-state index in [1.165, 1.54) is 0 Å². The van der Waals surface area contributed by atoms with E-state index in [4.69, 9.17) is 16.1 Å². The van der Waals surface area contributed by atoms with Gasteiger partial charge >= 0.3 is 0 Å². The lowest BCUT2D eigenvalue weighted by atomic mass is 10.2. The van der Waals surface area contributed by atoms with Crippen molar-refractivity contribution in [2.75, 3.05) is 7.05 Å². The lowest BCUT2D eigenvalue weighted by Crippen LogP contribution is -2.26. The van der Waals surface area contributed by atoms with E-state index in [0.717, 1.165) is 16.8 Å². The maximum atomic E-state index is 12.5. The van der Waals surface area contributed by atoms with Crippen molar-refractivity contribution in [2.45, 2.75) is 19.4 Å². The number of pyridine rings is 1. The van der Waals surface area contributed by atoms with Crippen LogP contribution in [-0.2, 0) is 17.8 Å².